The Morgan fingerprint density at radius 3 is 2.76 bits per heavy atom. The Kier molecular flexibility index (Phi) is 5.61. The van der Waals surface area contributed by atoms with Crippen molar-refractivity contribution >= 4 is 61.9 Å². The van der Waals surface area contributed by atoms with Gasteiger partial charge in [-0.15, -0.1) is 0 Å². The van der Waals surface area contributed by atoms with Crippen molar-refractivity contribution < 1.29 is 4.79 Å². The van der Waals surface area contributed by atoms with E-state index in [4.69, 9.17) is 12.2 Å². The molecule has 1 N–H and O–H groups in total. The third-order valence-corrected chi connectivity index (χ3v) is 5.70. The molecule has 6 heteroatoms. The summed E-state index contributed by atoms with van der Waals surface area (Å²) >= 11 is 10.2. The molecule has 1 fully saturated rings. The first-order valence-corrected chi connectivity index (χ1v) is 9.78. The summed E-state index contributed by atoms with van der Waals surface area (Å²) in [5.41, 5.74) is 4.34. The van der Waals surface area contributed by atoms with Crippen LogP contribution in [0.4, 0.5) is 5.69 Å². The molecule has 0 unspecified atom stereocenters. The van der Waals surface area contributed by atoms with E-state index < -0.39 is 0 Å². The summed E-state index contributed by atoms with van der Waals surface area (Å²) in [6.07, 6.45) is 1.88. The molecule has 1 saturated heterocycles. The van der Waals surface area contributed by atoms with Crippen LogP contribution in [-0.4, -0.2) is 21.8 Å². The van der Waals surface area contributed by atoms with Gasteiger partial charge in [0.2, 0.25) is 0 Å². The summed E-state index contributed by atoms with van der Waals surface area (Å²) in [7, 11) is 0. The Labute approximate surface area is 165 Å². The molecule has 2 aromatic carbocycles. The highest BCUT2D eigenvalue weighted by atomic mass is 79.9. The van der Waals surface area contributed by atoms with E-state index in [0.717, 1.165) is 21.3 Å². The average Bonchev–Trinajstić information content (AvgIpc) is 2.81. The lowest BCUT2D eigenvalue weighted by Gasteiger charge is -2.17. The first-order chi connectivity index (χ1) is 11.9. The topological polar surface area (TPSA) is 32.3 Å². The van der Waals surface area contributed by atoms with Crippen LogP contribution in [0.2, 0.25) is 0 Å². The number of nitrogens with zero attached hydrogens (tertiary/aromatic N) is 1. The molecule has 1 amide bonds. The van der Waals surface area contributed by atoms with Crippen LogP contribution in [0.1, 0.15) is 16.7 Å². The van der Waals surface area contributed by atoms with E-state index in [1.165, 1.54) is 17.3 Å². The van der Waals surface area contributed by atoms with Crippen molar-refractivity contribution in [2.24, 2.45) is 0 Å². The smallest absolute Gasteiger partial charge is 0.267 e. The number of aryl methyl sites for hydroxylation is 2. The normalized spacial score (nSPS) is 16.0. The van der Waals surface area contributed by atoms with Gasteiger partial charge in [0.15, 0.2) is 0 Å². The van der Waals surface area contributed by atoms with Crippen molar-refractivity contribution in [3.05, 3.63) is 68.5 Å². The maximum Gasteiger partial charge on any atom is 0.267 e. The van der Waals surface area contributed by atoms with Gasteiger partial charge in [0.1, 0.15) is 4.32 Å². The van der Waals surface area contributed by atoms with Crippen molar-refractivity contribution in [3.8, 4) is 0 Å². The molecule has 2 aromatic rings. The number of nitrogens with one attached hydrogen (secondary N) is 1. The molecule has 0 saturated carbocycles. The number of halogens is 1. The van der Waals surface area contributed by atoms with E-state index in [2.05, 4.69) is 34.2 Å². The fourth-order valence-corrected chi connectivity index (χ4v) is 4.23. The maximum atomic E-state index is 12.7. The molecule has 1 aliphatic rings. The average molecular weight is 433 g/mol. The molecule has 0 aromatic heterocycles. The number of carbonyl (C=O) groups excluding carboxylic acids is 1. The number of anilines is 1. The van der Waals surface area contributed by atoms with Gasteiger partial charge in [-0.3, -0.25) is 9.69 Å². The van der Waals surface area contributed by atoms with Crippen LogP contribution < -0.4 is 5.32 Å². The molecule has 0 atom stereocenters. The van der Waals surface area contributed by atoms with Crippen LogP contribution in [-0.2, 0) is 4.79 Å². The molecule has 128 valence electrons. The summed E-state index contributed by atoms with van der Waals surface area (Å²) in [6, 6.07) is 14.0. The number of benzene rings is 2. The van der Waals surface area contributed by atoms with Gasteiger partial charge < -0.3 is 5.32 Å². The first-order valence-electron chi connectivity index (χ1n) is 7.76. The predicted octanol–water partition coefficient (Wildman–Crippen LogP) is 5.34. The van der Waals surface area contributed by atoms with Gasteiger partial charge in [-0.2, -0.15) is 0 Å². The lowest BCUT2D eigenvalue weighted by atomic mass is 10.1. The second kappa shape index (κ2) is 7.72. The van der Waals surface area contributed by atoms with E-state index >= 15 is 0 Å². The van der Waals surface area contributed by atoms with Crippen LogP contribution in [0.25, 0.3) is 6.08 Å². The van der Waals surface area contributed by atoms with Crippen LogP contribution >= 0.6 is 39.9 Å². The van der Waals surface area contributed by atoms with Crippen LogP contribution in [0.15, 0.2) is 51.8 Å². The van der Waals surface area contributed by atoms with Gasteiger partial charge >= 0.3 is 0 Å². The van der Waals surface area contributed by atoms with Gasteiger partial charge in [0.25, 0.3) is 5.91 Å². The van der Waals surface area contributed by atoms with Crippen molar-refractivity contribution in [1.82, 2.24) is 4.90 Å². The standard InChI is InChI=1S/C19H17BrN2OS2/c1-12-6-7-16(13(2)8-12)21-11-22-18(23)17(25-19(22)24)10-14-4-3-5-15(20)9-14/h3-10,21H,11H2,1-2H3/b17-10+. The molecule has 0 spiro atoms. The van der Waals surface area contributed by atoms with E-state index in [-0.39, 0.29) is 5.91 Å². The van der Waals surface area contributed by atoms with Crippen molar-refractivity contribution in [2.45, 2.75) is 13.8 Å². The minimum absolute atomic E-state index is 0.0627. The molecule has 1 aliphatic heterocycles. The molecule has 0 bridgehead atoms. The van der Waals surface area contributed by atoms with Crippen LogP contribution in [0.5, 0.6) is 0 Å². The molecule has 25 heavy (non-hydrogen) atoms. The third kappa shape index (κ3) is 4.32. The summed E-state index contributed by atoms with van der Waals surface area (Å²) in [5.74, 6) is -0.0627. The molecular formula is C19H17BrN2OS2. The van der Waals surface area contributed by atoms with Gasteiger partial charge in [0.05, 0.1) is 11.6 Å². The maximum absolute atomic E-state index is 12.7. The van der Waals surface area contributed by atoms with E-state index in [1.54, 1.807) is 4.90 Å². The highest BCUT2D eigenvalue weighted by Gasteiger charge is 2.31. The molecule has 0 radical (unpaired) electrons. The highest BCUT2D eigenvalue weighted by Crippen LogP contribution is 2.32. The molecule has 1 heterocycles. The summed E-state index contributed by atoms with van der Waals surface area (Å²) in [5, 5.41) is 3.31. The first kappa shape index (κ1) is 18.2. The Morgan fingerprint density at radius 2 is 2.04 bits per heavy atom. The minimum atomic E-state index is -0.0627. The fourth-order valence-electron chi connectivity index (χ4n) is 2.56. The summed E-state index contributed by atoms with van der Waals surface area (Å²) < 4.78 is 1.55. The van der Waals surface area contributed by atoms with Gasteiger partial charge in [-0.05, 0) is 49.2 Å². The largest absolute Gasteiger partial charge is 0.367 e. The second-order valence-electron chi connectivity index (χ2n) is 5.82. The monoisotopic (exact) mass is 432 g/mol. The van der Waals surface area contributed by atoms with Crippen molar-refractivity contribution in [3.63, 3.8) is 0 Å². The summed E-state index contributed by atoms with van der Waals surface area (Å²) in [4.78, 5) is 14.9. The Bertz CT molecular complexity index is 879. The van der Waals surface area contributed by atoms with E-state index in [0.29, 0.717) is 15.9 Å². The second-order valence-corrected chi connectivity index (χ2v) is 8.41. The Morgan fingerprint density at radius 1 is 1.24 bits per heavy atom. The number of rotatable bonds is 4. The number of thioether (sulfide) groups is 1. The fraction of sp³-hybridized carbons (Fsp3) is 0.158. The van der Waals surface area contributed by atoms with Gasteiger partial charge in [-0.1, -0.05) is 69.7 Å². The number of carbonyl (C=O) groups is 1. The molecule has 3 nitrogen and oxygen atoms in total. The Hall–Kier alpha value is -1.63. The van der Waals surface area contributed by atoms with Crippen molar-refractivity contribution in [1.29, 1.82) is 0 Å². The SMILES string of the molecule is Cc1ccc(NCN2C(=O)/C(=C\c3cccc(Br)c3)SC2=S)c(C)c1. The number of hydrogen-bond acceptors (Lipinski definition) is 4. The predicted molar refractivity (Wildman–Crippen MR) is 114 cm³/mol. The Balaban J connectivity index is 1.73. The molecule has 3 rings (SSSR count). The number of amides is 1. The van der Waals surface area contributed by atoms with Gasteiger partial charge in [-0.25, -0.2) is 0 Å². The zero-order valence-corrected chi connectivity index (χ0v) is 17.1. The zero-order chi connectivity index (χ0) is 18.0. The lowest BCUT2D eigenvalue weighted by Crippen LogP contribution is -2.33. The number of thiocarbonyl (C=S) groups is 1. The third-order valence-electron chi connectivity index (χ3n) is 3.83. The van der Waals surface area contributed by atoms with Gasteiger partial charge in [0, 0.05) is 10.2 Å². The summed E-state index contributed by atoms with van der Waals surface area (Å²) in [6.45, 7) is 4.47. The van der Waals surface area contributed by atoms with Crippen molar-refractivity contribution in [2.75, 3.05) is 12.0 Å². The van der Waals surface area contributed by atoms with E-state index in [1.807, 2.05) is 49.4 Å². The quantitative estimate of drug-likeness (QED) is 0.522. The minimum Gasteiger partial charge on any atom is -0.367 e. The van der Waals surface area contributed by atoms with Crippen LogP contribution in [0, 0.1) is 13.8 Å². The lowest BCUT2D eigenvalue weighted by molar-refractivity contribution is -0.121. The molecule has 0 aliphatic carbocycles. The number of hydrogen-bond donors (Lipinski definition) is 1. The zero-order valence-electron chi connectivity index (χ0n) is 13.9. The van der Waals surface area contributed by atoms with E-state index in [9.17, 15) is 4.79 Å². The van der Waals surface area contributed by atoms with Crippen LogP contribution in [0.3, 0.4) is 0 Å². The highest BCUT2D eigenvalue weighted by molar-refractivity contribution is 9.10. The molecular weight excluding hydrogens is 416 g/mol.